The molecule has 0 unspecified atom stereocenters. The Morgan fingerprint density at radius 1 is 1.26 bits per heavy atom. The van der Waals surface area contributed by atoms with Crippen molar-refractivity contribution in [1.82, 2.24) is 15.1 Å². The Morgan fingerprint density at radius 3 is 2.63 bits per heavy atom. The van der Waals surface area contributed by atoms with E-state index in [2.05, 4.69) is 62.4 Å². The van der Waals surface area contributed by atoms with Crippen molar-refractivity contribution in [2.75, 3.05) is 6.54 Å². The minimum absolute atomic E-state index is 0.468. The lowest BCUT2D eigenvalue weighted by molar-refractivity contribution is 0.722. The summed E-state index contributed by atoms with van der Waals surface area (Å²) in [4.78, 5) is 0. The van der Waals surface area contributed by atoms with Crippen molar-refractivity contribution < 1.29 is 0 Å². The highest BCUT2D eigenvalue weighted by Gasteiger charge is 2.06. The molecule has 0 aliphatic rings. The van der Waals surface area contributed by atoms with E-state index in [1.54, 1.807) is 0 Å². The number of nitrogens with one attached hydrogen (secondary N) is 1. The average Bonchev–Trinajstić information content (AvgIpc) is 2.87. The van der Waals surface area contributed by atoms with Crippen molar-refractivity contribution in [3.8, 4) is 5.69 Å². The molecule has 1 aromatic carbocycles. The molecule has 1 heterocycles. The zero-order chi connectivity index (χ0) is 13.8. The molecule has 1 N–H and O–H groups in total. The van der Waals surface area contributed by atoms with Crippen molar-refractivity contribution in [3.05, 3.63) is 47.3 Å². The predicted octanol–water partition coefficient (Wildman–Crippen LogP) is 3.41. The minimum Gasteiger partial charge on any atom is -0.313 e. The lowest BCUT2D eigenvalue weighted by Gasteiger charge is -2.09. The Kier molecular flexibility index (Phi) is 4.38. The van der Waals surface area contributed by atoms with Crippen LogP contribution in [0.5, 0.6) is 0 Å². The van der Waals surface area contributed by atoms with Gasteiger partial charge in [0.05, 0.1) is 11.4 Å². The standard InChI is InChI=1S/C16H23N3/c1-5-17-11-14-6-7-15(10-13(14)4)19-9-8-16(18-19)12(2)3/h6-10,12,17H,5,11H2,1-4H3. The quantitative estimate of drug-likeness (QED) is 0.889. The highest BCUT2D eigenvalue weighted by Crippen LogP contribution is 2.17. The monoisotopic (exact) mass is 257 g/mol. The maximum Gasteiger partial charge on any atom is 0.0654 e. The summed E-state index contributed by atoms with van der Waals surface area (Å²) in [7, 11) is 0. The van der Waals surface area contributed by atoms with Crippen LogP contribution in [0.1, 0.15) is 43.5 Å². The van der Waals surface area contributed by atoms with Crippen molar-refractivity contribution in [2.24, 2.45) is 0 Å². The van der Waals surface area contributed by atoms with Gasteiger partial charge in [-0.05, 0) is 48.7 Å². The summed E-state index contributed by atoms with van der Waals surface area (Å²) in [5.41, 5.74) is 4.92. The Bertz CT molecular complexity index is 541. The Labute approximate surface area is 115 Å². The first-order valence-corrected chi connectivity index (χ1v) is 6.98. The third kappa shape index (κ3) is 3.24. The highest BCUT2D eigenvalue weighted by atomic mass is 15.3. The summed E-state index contributed by atoms with van der Waals surface area (Å²) in [5.74, 6) is 0.468. The number of nitrogens with zero attached hydrogens (tertiary/aromatic N) is 2. The fourth-order valence-electron chi connectivity index (χ4n) is 2.07. The lowest BCUT2D eigenvalue weighted by atomic mass is 10.1. The predicted molar refractivity (Wildman–Crippen MR) is 79.8 cm³/mol. The molecule has 0 bridgehead atoms. The number of hydrogen-bond acceptors (Lipinski definition) is 2. The van der Waals surface area contributed by atoms with Crippen LogP contribution in [0.15, 0.2) is 30.5 Å². The SMILES string of the molecule is CCNCc1ccc(-n2ccc(C(C)C)n2)cc1C. The third-order valence-electron chi connectivity index (χ3n) is 3.36. The largest absolute Gasteiger partial charge is 0.313 e. The van der Waals surface area contributed by atoms with E-state index in [9.17, 15) is 0 Å². The van der Waals surface area contributed by atoms with E-state index in [0.29, 0.717) is 5.92 Å². The molecule has 0 saturated heterocycles. The molecule has 2 aromatic rings. The van der Waals surface area contributed by atoms with E-state index in [1.807, 2.05) is 10.9 Å². The maximum absolute atomic E-state index is 4.61. The summed E-state index contributed by atoms with van der Waals surface area (Å²) in [6.45, 7) is 10.5. The van der Waals surface area contributed by atoms with E-state index >= 15 is 0 Å². The van der Waals surface area contributed by atoms with E-state index in [4.69, 9.17) is 0 Å². The number of aromatic nitrogens is 2. The molecule has 0 amide bonds. The summed E-state index contributed by atoms with van der Waals surface area (Å²) in [5, 5.41) is 7.98. The molecule has 0 saturated carbocycles. The molecule has 0 fully saturated rings. The van der Waals surface area contributed by atoms with E-state index < -0.39 is 0 Å². The molecule has 0 atom stereocenters. The van der Waals surface area contributed by atoms with Gasteiger partial charge in [-0.25, -0.2) is 4.68 Å². The smallest absolute Gasteiger partial charge is 0.0654 e. The lowest BCUT2D eigenvalue weighted by Crippen LogP contribution is -2.12. The van der Waals surface area contributed by atoms with Crippen molar-refractivity contribution in [2.45, 2.75) is 40.2 Å². The van der Waals surface area contributed by atoms with Gasteiger partial charge < -0.3 is 5.32 Å². The fourth-order valence-corrected chi connectivity index (χ4v) is 2.07. The van der Waals surface area contributed by atoms with Crippen LogP contribution in [0.25, 0.3) is 5.69 Å². The number of hydrogen-bond donors (Lipinski definition) is 1. The van der Waals surface area contributed by atoms with Gasteiger partial charge in [-0.2, -0.15) is 5.10 Å². The molecule has 19 heavy (non-hydrogen) atoms. The van der Waals surface area contributed by atoms with Gasteiger partial charge in [0.15, 0.2) is 0 Å². The molecule has 1 aromatic heterocycles. The first kappa shape index (κ1) is 13.8. The van der Waals surface area contributed by atoms with E-state index in [0.717, 1.165) is 24.5 Å². The van der Waals surface area contributed by atoms with Crippen molar-refractivity contribution in [3.63, 3.8) is 0 Å². The van der Waals surface area contributed by atoms with Gasteiger partial charge in [-0.15, -0.1) is 0 Å². The van der Waals surface area contributed by atoms with Gasteiger partial charge in [-0.3, -0.25) is 0 Å². The van der Waals surface area contributed by atoms with Gasteiger partial charge in [0, 0.05) is 12.7 Å². The van der Waals surface area contributed by atoms with Crippen LogP contribution in [-0.4, -0.2) is 16.3 Å². The second-order valence-corrected chi connectivity index (χ2v) is 5.23. The minimum atomic E-state index is 0.468. The van der Waals surface area contributed by atoms with Crippen molar-refractivity contribution >= 4 is 0 Å². The molecule has 0 spiro atoms. The third-order valence-corrected chi connectivity index (χ3v) is 3.36. The summed E-state index contributed by atoms with van der Waals surface area (Å²) in [6.07, 6.45) is 2.04. The van der Waals surface area contributed by atoms with Crippen LogP contribution in [0.2, 0.25) is 0 Å². The van der Waals surface area contributed by atoms with E-state index in [1.165, 1.54) is 11.1 Å². The van der Waals surface area contributed by atoms with Gasteiger partial charge in [0.1, 0.15) is 0 Å². The first-order valence-electron chi connectivity index (χ1n) is 6.98. The Balaban J connectivity index is 2.23. The van der Waals surface area contributed by atoms with Crippen LogP contribution in [0.4, 0.5) is 0 Å². The highest BCUT2D eigenvalue weighted by molar-refractivity contribution is 5.39. The molecule has 0 radical (unpaired) electrons. The topological polar surface area (TPSA) is 29.9 Å². The molecular formula is C16H23N3. The normalized spacial score (nSPS) is 11.2. The maximum atomic E-state index is 4.61. The summed E-state index contributed by atoms with van der Waals surface area (Å²) >= 11 is 0. The zero-order valence-electron chi connectivity index (χ0n) is 12.3. The Hall–Kier alpha value is -1.61. The number of aryl methyl sites for hydroxylation is 1. The average molecular weight is 257 g/mol. The molecule has 0 aliphatic carbocycles. The van der Waals surface area contributed by atoms with Gasteiger partial charge in [0.25, 0.3) is 0 Å². The molecular weight excluding hydrogens is 234 g/mol. The molecule has 102 valence electrons. The molecule has 2 rings (SSSR count). The second kappa shape index (κ2) is 6.02. The van der Waals surface area contributed by atoms with Crippen molar-refractivity contribution in [1.29, 1.82) is 0 Å². The molecule has 0 aliphatic heterocycles. The van der Waals surface area contributed by atoms with E-state index in [-0.39, 0.29) is 0 Å². The summed E-state index contributed by atoms with van der Waals surface area (Å²) in [6, 6.07) is 8.61. The van der Waals surface area contributed by atoms with Crippen LogP contribution in [0.3, 0.4) is 0 Å². The van der Waals surface area contributed by atoms with Crippen LogP contribution in [-0.2, 0) is 6.54 Å². The number of benzene rings is 1. The van der Waals surface area contributed by atoms with Gasteiger partial charge >= 0.3 is 0 Å². The summed E-state index contributed by atoms with van der Waals surface area (Å²) < 4.78 is 1.96. The zero-order valence-corrected chi connectivity index (χ0v) is 12.3. The molecule has 3 heteroatoms. The first-order chi connectivity index (χ1) is 9.11. The second-order valence-electron chi connectivity index (χ2n) is 5.23. The Morgan fingerprint density at radius 2 is 2.05 bits per heavy atom. The van der Waals surface area contributed by atoms with Gasteiger partial charge in [-0.1, -0.05) is 26.8 Å². The number of rotatable bonds is 5. The molecule has 3 nitrogen and oxygen atoms in total. The van der Waals surface area contributed by atoms with Crippen LogP contribution in [0, 0.1) is 6.92 Å². The van der Waals surface area contributed by atoms with Crippen LogP contribution >= 0.6 is 0 Å². The van der Waals surface area contributed by atoms with Gasteiger partial charge in [0.2, 0.25) is 0 Å². The fraction of sp³-hybridized carbons (Fsp3) is 0.438. The van der Waals surface area contributed by atoms with Crippen LogP contribution < -0.4 is 5.32 Å².